The molecular formula is C15H24N2O. The Labute approximate surface area is 110 Å². The maximum Gasteiger partial charge on any atom is 0.121 e. The van der Waals surface area contributed by atoms with E-state index in [0.717, 1.165) is 38.0 Å². The van der Waals surface area contributed by atoms with E-state index in [1.807, 2.05) is 6.07 Å². The number of anilines is 1. The molecule has 1 aromatic carbocycles. The highest BCUT2D eigenvalue weighted by Crippen LogP contribution is 2.21. The van der Waals surface area contributed by atoms with Crippen molar-refractivity contribution in [3.05, 3.63) is 24.3 Å². The molecule has 2 rings (SSSR count). The maximum absolute atomic E-state index is 5.77. The van der Waals surface area contributed by atoms with Crippen LogP contribution in [0.25, 0.3) is 0 Å². The Morgan fingerprint density at radius 1 is 1.28 bits per heavy atom. The number of benzene rings is 1. The number of hydrogen-bond acceptors (Lipinski definition) is 3. The van der Waals surface area contributed by atoms with Gasteiger partial charge in [0.15, 0.2) is 0 Å². The zero-order valence-corrected chi connectivity index (χ0v) is 11.5. The number of nitrogens with one attached hydrogen (secondary N) is 1. The third kappa shape index (κ3) is 3.91. The summed E-state index contributed by atoms with van der Waals surface area (Å²) in [7, 11) is 0. The molecule has 100 valence electrons. The molecule has 1 aliphatic rings. The largest absolute Gasteiger partial charge is 0.492 e. The van der Waals surface area contributed by atoms with E-state index < -0.39 is 0 Å². The zero-order chi connectivity index (χ0) is 12.8. The molecule has 3 heteroatoms. The summed E-state index contributed by atoms with van der Waals surface area (Å²) in [4.78, 5) is 2.33. The second-order valence-corrected chi connectivity index (χ2v) is 4.75. The minimum absolute atomic E-state index is 0.748. The van der Waals surface area contributed by atoms with E-state index in [9.17, 15) is 0 Å². The molecule has 0 unspecified atom stereocenters. The topological polar surface area (TPSA) is 24.5 Å². The Morgan fingerprint density at radius 2 is 2.06 bits per heavy atom. The van der Waals surface area contributed by atoms with Crippen LogP contribution in [0, 0.1) is 0 Å². The van der Waals surface area contributed by atoms with Gasteiger partial charge in [-0.1, -0.05) is 6.07 Å². The van der Waals surface area contributed by atoms with E-state index >= 15 is 0 Å². The zero-order valence-electron chi connectivity index (χ0n) is 11.5. The molecule has 3 nitrogen and oxygen atoms in total. The van der Waals surface area contributed by atoms with Crippen LogP contribution in [0.1, 0.15) is 26.7 Å². The molecule has 0 saturated heterocycles. The first-order valence-corrected chi connectivity index (χ1v) is 7.04. The lowest BCUT2D eigenvalue weighted by molar-refractivity contribution is 0.313. The third-order valence-electron chi connectivity index (χ3n) is 3.33. The molecule has 0 atom stereocenters. The van der Waals surface area contributed by atoms with Gasteiger partial charge in [-0.05, 0) is 38.8 Å². The molecule has 0 spiro atoms. The number of ether oxygens (including phenoxy) is 1. The fourth-order valence-electron chi connectivity index (χ4n) is 2.08. The van der Waals surface area contributed by atoms with Crippen molar-refractivity contribution in [3.63, 3.8) is 0 Å². The third-order valence-corrected chi connectivity index (χ3v) is 3.33. The lowest BCUT2D eigenvalue weighted by atomic mass is 10.2. The van der Waals surface area contributed by atoms with Crippen molar-refractivity contribution < 1.29 is 4.74 Å². The summed E-state index contributed by atoms with van der Waals surface area (Å²) in [6.45, 7) is 8.11. The highest BCUT2D eigenvalue weighted by atomic mass is 16.5. The monoisotopic (exact) mass is 248 g/mol. The van der Waals surface area contributed by atoms with Gasteiger partial charge in [0.1, 0.15) is 12.4 Å². The van der Waals surface area contributed by atoms with Gasteiger partial charge in [0.05, 0.1) is 0 Å². The van der Waals surface area contributed by atoms with Crippen LogP contribution in [0.5, 0.6) is 5.75 Å². The SMILES string of the molecule is CCN(CC)c1cccc(OCCNC2CC2)c1. The van der Waals surface area contributed by atoms with Gasteiger partial charge in [0.2, 0.25) is 0 Å². The van der Waals surface area contributed by atoms with Crippen molar-refractivity contribution >= 4 is 5.69 Å². The Bertz CT molecular complexity index is 359. The number of rotatable bonds is 8. The van der Waals surface area contributed by atoms with E-state index in [4.69, 9.17) is 4.74 Å². The molecule has 0 aliphatic heterocycles. The predicted octanol–water partition coefficient (Wildman–Crippen LogP) is 2.66. The number of hydrogen-bond donors (Lipinski definition) is 1. The predicted molar refractivity (Wildman–Crippen MR) is 76.5 cm³/mol. The van der Waals surface area contributed by atoms with E-state index in [0.29, 0.717) is 0 Å². The van der Waals surface area contributed by atoms with Crippen molar-refractivity contribution in [2.45, 2.75) is 32.7 Å². The summed E-state index contributed by atoms with van der Waals surface area (Å²) in [5.41, 5.74) is 1.24. The smallest absolute Gasteiger partial charge is 0.121 e. The summed E-state index contributed by atoms with van der Waals surface area (Å²) >= 11 is 0. The van der Waals surface area contributed by atoms with Gasteiger partial charge in [-0.15, -0.1) is 0 Å². The molecule has 0 amide bonds. The Morgan fingerprint density at radius 3 is 2.72 bits per heavy atom. The average molecular weight is 248 g/mol. The minimum atomic E-state index is 0.748. The first-order valence-electron chi connectivity index (χ1n) is 7.04. The van der Waals surface area contributed by atoms with Crippen LogP contribution in [-0.4, -0.2) is 32.3 Å². The molecular weight excluding hydrogens is 224 g/mol. The molecule has 0 aromatic heterocycles. The molecule has 1 N–H and O–H groups in total. The average Bonchev–Trinajstić information content (AvgIpc) is 3.21. The van der Waals surface area contributed by atoms with Crippen molar-refractivity contribution in [1.29, 1.82) is 0 Å². The molecule has 1 aromatic rings. The van der Waals surface area contributed by atoms with E-state index in [1.165, 1.54) is 18.5 Å². The van der Waals surface area contributed by atoms with Crippen molar-refractivity contribution in [3.8, 4) is 5.75 Å². The van der Waals surface area contributed by atoms with E-state index in [-0.39, 0.29) is 0 Å². The van der Waals surface area contributed by atoms with Crippen LogP contribution in [-0.2, 0) is 0 Å². The van der Waals surface area contributed by atoms with Crippen LogP contribution in [0.2, 0.25) is 0 Å². The second-order valence-electron chi connectivity index (χ2n) is 4.75. The summed E-state index contributed by atoms with van der Waals surface area (Å²) in [5, 5.41) is 3.45. The van der Waals surface area contributed by atoms with E-state index in [2.05, 4.69) is 42.3 Å². The first kappa shape index (κ1) is 13.2. The Kier molecular flexibility index (Phi) is 4.88. The summed E-state index contributed by atoms with van der Waals surface area (Å²) in [6, 6.07) is 9.13. The Balaban J connectivity index is 1.81. The summed E-state index contributed by atoms with van der Waals surface area (Å²) in [6.07, 6.45) is 2.66. The minimum Gasteiger partial charge on any atom is -0.492 e. The molecule has 0 heterocycles. The van der Waals surface area contributed by atoms with Gasteiger partial charge < -0.3 is 15.0 Å². The van der Waals surface area contributed by atoms with Gasteiger partial charge in [-0.25, -0.2) is 0 Å². The first-order chi connectivity index (χ1) is 8.83. The fraction of sp³-hybridized carbons (Fsp3) is 0.600. The maximum atomic E-state index is 5.77. The molecule has 0 radical (unpaired) electrons. The number of nitrogens with zero attached hydrogens (tertiary/aromatic N) is 1. The van der Waals surface area contributed by atoms with Gasteiger partial charge >= 0.3 is 0 Å². The lowest BCUT2D eigenvalue weighted by Crippen LogP contribution is -2.23. The van der Waals surface area contributed by atoms with Gasteiger partial charge in [-0.2, -0.15) is 0 Å². The fourth-order valence-corrected chi connectivity index (χ4v) is 2.08. The van der Waals surface area contributed by atoms with Crippen molar-refractivity contribution in [1.82, 2.24) is 5.32 Å². The molecule has 1 aliphatic carbocycles. The van der Waals surface area contributed by atoms with Crippen LogP contribution in [0.15, 0.2) is 24.3 Å². The second kappa shape index (κ2) is 6.64. The highest BCUT2D eigenvalue weighted by Gasteiger charge is 2.19. The van der Waals surface area contributed by atoms with Gasteiger partial charge in [-0.3, -0.25) is 0 Å². The van der Waals surface area contributed by atoms with Gasteiger partial charge in [0.25, 0.3) is 0 Å². The van der Waals surface area contributed by atoms with Crippen LogP contribution < -0.4 is 15.0 Å². The summed E-state index contributed by atoms with van der Waals surface area (Å²) in [5.74, 6) is 0.969. The lowest BCUT2D eigenvalue weighted by Gasteiger charge is -2.21. The van der Waals surface area contributed by atoms with Crippen molar-refractivity contribution in [2.24, 2.45) is 0 Å². The van der Waals surface area contributed by atoms with Gasteiger partial charge in [0, 0.05) is 37.4 Å². The van der Waals surface area contributed by atoms with E-state index in [1.54, 1.807) is 0 Å². The van der Waals surface area contributed by atoms with Crippen LogP contribution >= 0.6 is 0 Å². The standard InChI is InChI=1S/C15H24N2O/c1-3-17(4-2)14-6-5-7-15(12-14)18-11-10-16-13-8-9-13/h5-7,12-13,16H,3-4,8-11H2,1-2H3. The highest BCUT2D eigenvalue weighted by molar-refractivity contribution is 5.50. The molecule has 0 bridgehead atoms. The van der Waals surface area contributed by atoms with Crippen LogP contribution in [0.4, 0.5) is 5.69 Å². The molecule has 1 fully saturated rings. The molecule has 1 saturated carbocycles. The normalized spacial score (nSPS) is 14.6. The molecule has 18 heavy (non-hydrogen) atoms. The van der Waals surface area contributed by atoms with Crippen LogP contribution in [0.3, 0.4) is 0 Å². The quantitative estimate of drug-likeness (QED) is 0.716. The van der Waals surface area contributed by atoms with Crippen molar-refractivity contribution in [2.75, 3.05) is 31.1 Å². The Hall–Kier alpha value is -1.22. The summed E-state index contributed by atoms with van der Waals surface area (Å²) < 4.78 is 5.77.